The molecule has 1 atom stereocenters. The fourth-order valence-electron chi connectivity index (χ4n) is 2.88. The molecule has 0 radical (unpaired) electrons. The lowest BCUT2D eigenvalue weighted by Crippen LogP contribution is -2.52. The van der Waals surface area contributed by atoms with Crippen LogP contribution in [0.15, 0.2) is 36.4 Å². The highest BCUT2D eigenvalue weighted by molar-refractivity contribution is 7.99. The van der Waals surface area contributed by atoms with E-state index in [0.29, 0.717) is 31.4 Å². The summed E-state index contributed by atoms with van der Waals surface area (Å²) in [4.78, 5) is 27.5. The number of rotatable bonds is 8. The highest BCUT2D eigenvalue weighted by Crippen LogP contribution is 2.29. The van der Waals surface area contributed by atoms with E-state index in [2.05, 4.69) is 5.32 Å². The van der Waals surface area contributed by atoms with E-state index < -0.39 is 11.6 Å². The summed E-state index contributed by atoms with van der Waals surface area (Å²) in [5.41, 5.74) is 1.06. The molecule has 0 spiro atoms. The highest BCUT2D eigenvalue weighted by atomic mass is 35.5. The van der Waals surface area contributed by atoms with Crippen molar-refractivity contribution < 1.29 is 9.59 Å². The molecule has 174 valence electrons. The predicted octanol–water partition coefficient (Wildman–Crippen LogP) is 6.87. The second-order valence-corrected chi connectivity index (χ2v) is 11.0. The third-order valence-electron chi connectivity index (χ3n) is 4.55. The SMILES string of the molecule is C[C@@H](C(=O)NC(C)(C)C)N(Cc1ccc(Cl)cc1Cl)C(=O)CSCc1c(Cl)cccc1Cl. The van der Waals surface area contributed by atoms with Crippen molar-refractivity contribution in [1.82, 2.24) is 10.2 Å². The minimum atomic E-state index is -0.696. The van der Waals surface area contributed by atoms with E-state index in [0.717, 1.165) is 5.56 Å². The second kappa shape index (κ2) is 11.8. The third-order valence-corrected chi connectivity index (χ3v) is 6.79. The third kappa shape index (κ3) is 8.03. The number of thioether (sulfide) groups is 1. The number of hydrogen-bond donors (Lipinski definition) is 1. The van der Waals surface area contributed by atoms with Crippen molar-refractivity contribution in [3.8, 4) is 0 Å². The summed E-state index contributed by atoms with van der Waals surface area (Å²) in [5, 5.41) is 4.98. The van der Waals surface area contributed by atoms with Gasteiger partial charge in [0.1, 0.15) is 6.04 Å². The molecule has 0 bridgehead atoms. The Morgan fingerprint density at radius 2 is 1.66 bits per heavy atom. The van der Waals surface area contributed by atoms with Crippen LogP contribution in [-0.2, 0) is 21.9 Å². The molecular formula is C23H26Cl4N2O2S. The fraction of sp³-hybridized carbons (Fsp3) is 0.391. The summed E-state index contributed by atoms with van der Waals surface area (Å²) in [6.07, 6.45) is 0. The van der Waals surface area contributed by atoms with Gasteiger partial charge in [0.15, 0.2) is 0 Å². The molecule has 4 nitrogen and oxygen atoms in total. The van der Waals surface area contributed by atoms with Gasteiger partial charge in [0, 0.05) is 37.9 Å². The van der Waals surface area contributed by atoms with Gasteiger partial charge in [0.25, 0.3) is 0 Å². The summed E-state index contributed by atoms with van der Waals surface area (Å²) in [7, 11) is 0. The first-order valence-corrected chi connectivity index (χ1v) is 12.6. The van der Waals surface area contributed by atoms with Gasteiger partial charge in [-0.2, -0.15) is 0 Å². The maximum absolute atomic E-state index is 13.2. The fourth-order valence-corrected chi connectivity index (χ4v) is 5.00. The van der Waals surface area contributed by atoms with E-state index in [1.54, 1.807) is 43.3 Å². The molecule has 2 amide bonds. The van der Waals surface area contributed by atoms with E-state index >= 15 is 0 Å². The first kappa shape index (κ1) is 27.1. The van der Waals surface area contributed by atoms with Gasteiger partial charge in [-0.1, -0.05) is 58.5 Å². The van der Waals surface area contributed by atoms with Crippen molar-refractivity contribution in [2.75, 3.05) is 5.75 Å². The van der Waals surface area contributed by atoms with Gasteiger partial charge in [-0.25, -0.2) is 0 Å². The zero-order valence-corrected chi connectivity index (χ0v) is 22.2. The number of nitrogens with one attached hydrogen (secondary N) is 1. The molecule has 0 heterocycles. The van der Waals surface area contributed by atoms with Crippen LogP contribution in [0.25, 0.3) is 0 Å². The molecule has 0 unspecified atom stereocenters. The molecule has 32 heavy (non-hydrogen) atoms. The van der Waals surface area contributed by atoms with E-state index in [1.807, 2.05) is 20.8 Å². The number of nitrogens with zero attached hydrogens (tertiary/aromatic N) is 1. The standard InChI is InChI=1S/C23H26Cl4N2O2S/c1-14(22(31)28-23(2,3)4)29(11-15-8-9-16(24)10-20(15)27)21(30)13-32-12-17-18(25)6-5-7-19(17)26/h5-10,14H,11-13H2,1-4H3,(H,28,31)/t14-/m0/s1. The lowest BCUT2D eigenvalue weighted by atomic mass is 10.1. The molecule has 0 aliphatic carbocycles. The summed E-state index contributed by atoms with van der Waals surface area (Å²) in [5.74, 6) is 0.193. The minimum Gasteiger partial charge on any atom is -0.350 e. The summed E-state index contributed by atoms with van der Waals surface area (Å²) < 4.78 is 0. The van der Waals surface area contributed by atoms with Crippen LogP contribution in [0.2, 0.25) is 20.1 Å². The molecule has 0 aliphatic heterocycles. The lowest BCUT2D eigenvalue weighted by Gasteiger charge is -2.31. The van der Waals surface area contributed by atoms with Crippen LogP contribution < -0.4 is 5.32 Å². The molecule has 2 aromatic carbocycles. The predicted molar refractivity (Wildman–Crippen MR) is 137 cm³/mol. The maximum Gasteiger partial charge on any atom is 0.242 e. The van der Waals surface area contributed by atoms with Gasteiger partial charge in [-0.3, -0.25) is 9.59 Å². The van der Waals surface area contributed by atoms with E-state index in [1.165, 1.54) is 16.7 Å². The van der Waals surface area contributed by atoms with Gasteiger partial charge in [0.2, 0.25) is 11.8 Å². The quantitative estimate of drug-likeness (QED) is 0.401. The number of carbonyl (C=O) groups excluding carboxylic acids is 2. The number of amides is 2. The van der Waals surface area contributed by atoms with Crippen molar-refractivity contribution in [1.29, 1.82) is 0 Å². The molecule has 2 rings (SSSR count). The highest BCUT2D eigenvalue weighted by Gasteiger charge is 2.28. The van der Waals surface area contributed by atoms with Crippen molar-refractivity contribution in [3.05, 3.63) is 67.6 Å². The van der Waals surface area contributed by atoms with Crippen molar-refractivity contribution >= 4 is 70.0 Å². The summed E-state index contributed by atoms with van der Waals surface area (Å²) >= 11 is 26.2. The molecule has 2 aromatic rings. The Morgan fingerprint density at radius 3 is 2.22 bits per heavy atom. The molecule has 1 N–H and O–H groups in total. The summed E-state index contributed by atoms with van der Waals surface area (Å²) in [6, 6.07) is 9.69. The lowest BCUT2D eigenvalue weighted by molar-refractivity contribution is -0.139. The summed E-state index contributed by atoms with van der Waals surface area (Å²) in [6.45, 7) is 7.56. The number of benzene rings is 2. The van der Waals surface area contributed by atoms with Gasteiger partial charge in [-0.15, -0.1) is 11.8 Å². The number of hydrogen-bond acceptors (Lipinski definition) is 3. The Morgan fingerprint density at radius 1 is 1.03 bits per heavy atom. The average Bonchev–Trinajstić information content (AvgIpc) is 2.67. The van der Waals surface area contributed by atoms with Crippen LogP contribution >= 0.6 is 58.2 Å². The van der Waals surface area contributed by atoms with Crippen molar-refractivity contribution in [2.45, 2.75) is 51.6 Å². The Kier molecular flexibility index (Phi) is 10.0. The van der Waals surface area contributed by atoms with Gasteiger partial charge in [-0.05, 0) is 63.1 Å². The normalized spacial score (nSPS) is 12.4. The second-order valence-electron chi connectivity index (χ2n) is 8.37. The van der Waals surface area contributed by atoms with E-state index in [4.69, 9.17) is 46.4 Å². The van der Waals surface area contributed by atoms with Crippen LogP contribution in [0.3, 0.4) is 0 Å². The number of halogens is 4. The van der Waals surface area contributed by atoms with Gasteiger partial charge < -0.3 is 10.2 Å². The Hall–Kier alpha value is -1.11. The molecule has 0 fully saturated rings. The van der Waals surface area contributed by atoms with Crippen LogP contribution in [0.4, 0.5) is 0 Å². The largest absolute Gasteiger partial charge is 0.350 e. The zero-order chi connectivity index (χ0) is 24.1. The van der Waals surface area contributed by atoms with Crippen LogP contribution in [-0.4, -0.2) is 34.0 Å². The van der Waals surface area contributed by atoms with Crippen molar-refractivity contribution in [3.63, 3.8) is 0 Å². The molecule has 9 heteroatoms. The average molecular weight is 536 g/mol. The molecule has 0 saturated heterocycles. The topological polar surface area (TPSA) is 49.4 Å². The zero-order valence-electron chi connectivity index (χ0n) is 18.3. The van der Waals surface area contributed by atoms with Crippen molar-refractivity contribution in [2.24, 2.45) is 0 Å². The monoisotopic (exact) mass is 534 g/mol. The van der Waals surface area contributed by atoms with E-state index in [-0.39, 0.29) is 24.1 Å². The Bertz CT molecular complexity index is 959. The van der Waals surface area contributed by atoms with Gasteiger partial charge in [0.05, 0.1) is 5.75 Å². The first-order valence-electron chi connectivity index (χ1n) is 9.95. The Labute approximate surface area is 213 Å². The molecule has 0 aromatic heterocycles. The maximum atomic E-state index is 13.2. The van der Waals surface area contributed by atoms with Crippen LogP contribution in [0.5, 0.6) is 0 Å². The molecular weight excluding hydrogens is 510 g/mol. The number of carbonyl (C=O) groups is 2. The molecule has 0 aliphatic rings. The minimum absolute atomic E-state index is 0.153. The Balaban J connectivity index is 2.18. The van der Waals surface area contributed by atoms with E-state index in [9.17, 15) is 9.59 Å². The van der Waals surface area contributed by atoms with Gasteiger partial charge >= 0.3 is 0 Å². The van der Waals surface area contributed by atoms with Crippen LogP contribution in [0.1, 0.15) is 38.8 Å². The molecule has 0 saturated carbocycles. The first-order chi connectivity index (χ1) is 14.9. The smallest absolute Gasteiger partial charge is 0.242 e. The van der Waals surface area contributed by atoms with Crippen LogP contribution in [0, 0.1) is 0 Å².